The van der Waals surface area contributed by atoms with Crippen LogP contribution < -0.4 is 0 Å². The summed E-state index contributed by atoms with van der Waals surface area (Å²) in [5, 5.41) is 9.32. The van der Waals surface area contributed by atoms with Crippen molar-refractivity contribution in [1.29, 1.82) is 5.26 Å². The van der Waals surface area contributed by atoms with Gasteiger partial charge < -0.3 is 9.30 Å². The predicted molar refractivity (Wildman–Crippen MR) is 76.1 cm³/mol. The van der Waals surface area contributed by atoms with Crippen molar-refractivity contribution < 1.29 is 17.9 Å². The molecule has 0 aliphatic carbocycles. The molecule has 0 saturated heterocycles. The number of aryl methyl sites for hydroxylation is 1. The Bertz CT molecular complexity index is 722. The first kappa shape index (κ1) is 16.1. The van der Waals surface area contributed by atoms with Crippen LogP contribution in [0.2, 0.25) is 0 Å². The lowest BCUT2D eigenvalue weighted by Gasteiger charge is -2.15. The summed E-state index contributed by atoms with van der Waals surface area (Å²) in [6, 6.07) is 8.89. The van der Waals surface area contributed by atoms with Crippen molar-refractivity contribution in [3.63, 3.8) is 0 Å². The molecule has 0 amide bonds. The number of aromatic nitrogens is 1. The van der Waals surface area contributed by atoms with E-state index in [1.54, 1.807) is 24.3 Å². The fourth-order valence-electron chi connectivity index (χ4n) is 2.52. The fourth-order valence-corrected chi connectivity index (χ4v) is 2.52. The van der Waals surface area contributed by atoms with Crippen LogP contribution in [0.15, 0.2) is 24.3 Å². The fraction of sp³-hybridized carbons (Fsp3) is 0.312. The van der Waals surface area contributed by atoms with E-state index >= 15 is 0 Å². The minimum atomic E-state index is -4.56. The average molecular weight is 308 g/mol. The Hall–Kier alpha value is -2.26. The first-order valence-electron chi connectivity index (χ1n) is 6.57. The van der Waals surface area contributed by atoms with Crippen LogP contribution in [0, 0.1) is 25.2 Å². The van der Waals surface area contributed by atoms with Crippen LogP contribution in [0.5, 0.6) is 0 Å². The molecule has 2 rings (SSSR count). The number of rotatable bonds is 3. The van der Waals surface area contributed by atoms with E-state index in [0.717, 1.165) is 10.1 Å². The van der Waals surface area contributed by atoms with Gasteiger partial charge in [0, 0.05) is 7.11 Å². The maximum atomic E-state index is 13.4. The number of halogens is 3. The maximum absolute atomic E-state index is 13.4. The number of nitriles is 1. The van der Waals surface area contributed by atoms with Crippen molar-refractivity contribution in [3.05, 3.63) is 46.6 Å². The molecule has 1 aromatic heterocycles. The standard InChI is InChI=1S/C16H15F3N2O/c1-10-4-6-12(7-5-10)14-13(8-20)11(2)15(16(17,18)19)21(14)9-22-3/h4-7H,9H2,1-3H3. The summed E-state index contributed by atoms with van der Waals surface area (Å²) >= 11 is 0. The molecule has 0 radical (unpaired) electrons. The second-order valence-electron chi connectivity index (χ2n) is 5.02. The van der Waals surface area contributed by atoms with Gasteiger partial charge in [-0.05, 0) is 25.0 Å². The van der Waals surface area contributed by atoms with Crippen LogP contribution >= 0.6 is 0 Å². The lowest BCUT2D eigenvalue weighted by molar-refractivity contribution is -0.145. The third-order valence-electron chi connectivity index (χ3n) is 3.47. The van der Waals surface area contributed by atoms with Gasteiger partial charge in [-0.15, -0.1) is 0 Å². The first-order valence-corrected chi connectivity index (χ1v) is 6.57. The summed E-state index contributed by atoms with van der Waals surface area (Å²) < 4.78 is 46.0. The SMILES string of the molecule is COCn1c(-c2ccc(C)cc2)c(C#N)c(C)c1C(F)(F)F. The average Bonchev–Trinajstić information content (AvgIpc) is 2.72. The Balaban J connectivity index is 2.82. The van der Waals surface area contributed by atoms with Crippen LogP contribution in [0.1, 0.15) is 22.4 Å². The highest BCUT2D eigenvalue weighted by atomic mass is 19.4. The quantitative estimate of drug-likeness (QED) is 0.849. The van der Waals surface area contributed by atoms with Crippen molar-refractivity contribution in [2.75, 3.05) is 7.11 Å². The first-order chi connectivity index (χ1) is 10.3. The number of ether oxygens (including phenoxy) is 1. The van der Waals surface area contributed by atoms with Crippen LogP contribution in [0.25, 0.3) is 11.3 Å². The van der Waals surface area contributed by atoms with Gasteiger partial charge in [-0.3, -0.25) is 0 Å². The summed E-state index contributed by atoms with van der Waals surface area (Å²) in [5.74, 6) is 0. The number of alkyl halides is 3. The predicted octanol–water partition coefficient (Wildman–Crippen LogP) is 4.27. The van der Waals surface area contributed by atoms with Gasteiger partial charge in [-0.1, -0.05) is 29.8 Å². The molecule has 2 aromatic rings. The van der Waals surface area contributed by atoms with E-state index in [9.17, 15) is 18.4 Å². The van der Waals surface area contributed by atoms with E-state index in [-0.39, 0.29) is 23.6 Å². The molecule has 22 heavy (non-hydrogen) atoms. The third kappa shape index (κ3) is 2.72. The zero-order valence-electron chi connectivity index (χ0n) is 12.5. The number of nitrogens with zero attached hydrogens (tertiary/aromatic N) is 2. The molecule has 3 nitrogen and oxygen atoms in total. The summed E-state index contributed by atoms with van der Waals surface area (Å²) in [5.41, 5.74) is 0.865. The normalized spacial score (nSPS) is 11.5. The van der Waals surface area contributed by atoms with Gasteiger partial charge in [0.25, 0.3) is 0 Å². The lowest BCUT2D eigenvalue weighted by atomic mass is 10.0. The van der Waals surface area contributed by atoms with Gasteiger partial charge >= 0.3 is 6.18 Å². The van der Waals surface area contributed by atoms with Crippen LogP contribution in [0.3, 0.4) is 0 Å². The molecule has 0 spiro atoms. The summed E-state index contributed by atoms with van der Waals surface area (Å²) in [4.78, 5) is 0. The van der Waals surface area contributed by atoms with E-state index in [2.05, 4.69) is 0 Å². The number of benzene rings is 1. The van der Waals surface area contributed by atoms with Crippen molar-refractivity contribution in [2.45, 2.75) is 26.8 Å². The zero-order chi connectivity index (χ0) is 16.5. The maximum Gasteiger partial charge on any atom is 0.431 e. The van der Waals surface area contributed by atoms with Crippen molar-refractivity contribution in [2.24, 2.45) is 0 Å². The Morgan fingerprint density at radius 1 is 1.18 bits per heavy atom. The smallest absolute Gasteiger partial charge is 0.364 e. The van der Waals surface area contributed by atoms with Crippen LogP contribution in [0.4, 0.5) is 13.2 Å². The molecule has 1 heterocycles. The molecular weight excluding hydrogens is 293 g/mol. The van der Waals surface area contributed by atoms with Crippen LogP contribution in [-0.4, -0.2) is 11.7 Å². The Morgan fingerprint density at radius 2 is 1.77 bits per heavy atom. The Kier molecular flexibility index (Phi) is 4.29. The number of hydrogen-bond donors (Lipinski definition) is 0. The van der Waals surface area contributed by atoms with Gasteiger partial charge in [0.05, 0.1) is 11.3 Å². The number of hydrogen-bond acceptors (Lipinski definition) is 2. The van der Waals surface area contributed by atoms with E-state index in [1.165, 1.54) is 14.0 Å². The Labute approximate surface area is 126 Å². The third-order valence-corrected chi connectivity index (χ3v) is 3.47. The Morgan fingerprint density at radius 3 is 2.23 bits per heavy atom. The van der Waals surface area contributed by atoms with Gasteiger partial charge in [0.1, 0.15) is 18.5 Å². The molecule has 0 saturated carbocycles. The molecule has 0 fully saturated rings. The van der Waals surface area contributed by atoms with Gasteiger partial charge in [-0.2, -0.15) is 18.4 Å². The van der Waals surface area contributed by atoms with Gasteiger partial charge in [-0.25, -0.2) is 0 Å². The van der Waals surface area contributed by atoms with Crippen molar-refractivity contribution in [1.82, 2.24) is 4.57 Å². The summed E-state index contributed by atoms with van der Waals surface area (Å²) in [6.07, 6.45) is -4.56. The van der Waals surface area contributed by atoms with E-state index in [1.807, 2.05) is 13.0 Å². The van der Waals surface area contributed by atoms with Crippen molar-refractivity contribution >= 4 is 0 Å². The largest absolute Gasteiger partial charge is 0.431 e. The molecule has 1 aromatic carbocycles. The number of methoxy groups -OCH3 is 1. The highest BCUT2D eigenvalue weighted by Crippen LogP contribution is 2.40. The molecule has 0 N–H and O–H groups in total. The summed E-state index contributed by atoms with van der Waals surface area (Å²) in [6.45, 7) is 2.92. The van der Waals surface area contributed by atoms with Gasteiger partial charge in [0.15, 0.2) is 0 Å². The molecule has 0 unspecified atom stereocenters. The molecular formula is C16H15F3N2O. The molecule has 6 heteroatoms. The molecule has 116 valence electrons. The van der Waals surface area contributed by atoms with Gasteiger partial charge in [0.2, 0.25) is 0 Å². The molecule has 0 aliphatic rings. The lowest BCUT2D eigenvalue weighted by Crippen LogP contribution is -2.16. The highest BCUT2D eigenvalue weighted by Gasteiger charge is 2.39. The van der Waals surface area contributed by atoms with Crippen LogP contribution in [-0.2, 0) is 17.6 Å². The monoisotopic (exact) mass is 308 g/mol. The minimum absolute atomic E-state index is 0.0215. The molecule has 0 atom stereocenters. The van der Waals surface area contributed by atoms with E-state index < -0.39 is 11.9 Å². The second-order valence-corrected chi connectivity index (χ2v) is 5.02. The second kappa shape index (κ2) is 5.85. The summed E-state index contributed by atoms with van der Waals surface area (Å²) in [7, 11) is 1.32. The molecule has 0 bridgehead atoms. The van der Waals surface area contributed by atoms with E-state index in [0.29, 0.717) is 5.56 Å². The highest BCUT2D eigenvalue weighted by molar-refractivity contribution is 5.71. The van der Waals surface area contributed by atoms with Crippen molar-refractivity contribution in [3.8, 4) is 17.3 Å². The minimum Gasteiger partial charge on any atom is -0.364 e. The topological polar surface area (TPSA) is 38.0 Å². The molecule has 0 aliphatic heterocycles. The van der Waals surface area contributed by atoms with E-state index in [4.69, 9.17) is 4.74 Å². The zero-order valence-corrected chi connectivity index (χ0v) is 12.5.